The summed E-state index contributed by atoms with van der Waals surface area (Å²) in [7, 11) is 0. The molecule has 1 saturated carbocycles. The highest BCUT2D eigenvalue weighted by Crippen LogP contribution is 2.50. The molecule has 1 saturated heterocycles. The molecular weight excluding hydrogens is 388 g/mol. The number of hydrogen-bond acceptors (Lipinski definition) is 7. The minimum Gasteiger partial charge on any atom is -0.462 e. The van der Waals surface area contributed by atoms with Crippen molar-refractivity contribution in [2.24, 2.45) is 17.8 Å². The Balaban J connectivity index is 2.10. The quantitative estimate of drug-likeness (QED) is 0.302. The van der Waals surface area contributed by atoms with E-state index >= 15 is 0 Å². The molecular formula is C23H28O7. The first-order chi connectivity index (χ1) is 14.1. The van der Waals surface area contributed by atoms with Gasteiger partial charge in [-0.25, -0.2) is 9.59 Å². The molecule has 7 nitrogen and oxygen atoms in total. The maximum atomic E-state index is 12.8. The molecule has 0 amide bonds. The second-order valence-corrected chi connectivity index (χ2v) is 8.45. The van der Waals surface area contributed by atoms with Gasteiger partial charge in [-0.15, -0.1) is 0 Å². The maximum Gasteiger partial charge on any atom is 0.348 e. The Morgan fingerprint density at radius 3 is 2.37 bits per heavy atom. The molecule has 2 fully saturated rings. The number of ketones is 1. The van der Waals surface area contributed by atoms with Crippen LogP contribution in [0.15, 0.2) is 34.4 Å². The van der Waals surface area contributed by atoms with Gasteiger partial charge in [-0.1, -0.05) is 22.8 Å². The van der Waals surface area contributed by atoms with Gasteiger partial charge in [0.05, 0.1) is 11.8 Å². The molecule has 162 valence electrons. The summed E-state index contributed by atoms with van der Waals surface area (Å²) in [5.41, 5.74) is 3.01. The maximum absolute atomic E-state index is 12.8. The van der Waals surface area contributed by atoms with Crippen LogP contribution in [0, 0.1) is 17.8 Å². The summed E-state index contributed by atoms with van der Waals surface area (Å²) < 4.78 is 16.8. The molecule has 1 aliphatic heterocycles. The van der Waals surface area contributed by atoms with Gasteiger partial charge in [0.2, 0.25) is 6.10 Å². The summed E-state index contributed by atoms with van der Waals surface area (Å²) in [6, 6.07) is 0. The van der Waals surface area contributed by atoms with Crippen molar-refractivity contribution < 1.29 is 33.4 Å². The minimum atomic E-state index is -1.21. The van der Waals surface area contributed by atoms with Crippen molar-refractivity contribution in [1.82, 2.24) is 0 Å². The standard InChI is InChI=1S/C23H28O7/c1-7-11(4)22(26)30-21-19-16(28-13(6)24)9-14(10(2)3)18-15(25)8-12(5)17(18)20(19)29-23(21)27/h7-8,16-21H,9H2,1-6H3/b11-7-/t16-,17-,18-,19-,20+,21+/m0/s1. The van der Waals surface area contributed by atoms with Gasteiger partial charge in [0.25, 0.3) is 0 Å². The monoisotopic (exact) mass is 416 g/mol. The fourth-order valence-corrected chi connectivity index (χ4v) is 4.80. The Morgan fingerprint density at radius 2 is 1.80 bits per heavy atom. The molecule has 0 aromatic rings. The highest BCUT2D eigenvalue weighted by atomic mass is 16.6. The third-order valence-electron chi connectivity index (χ3n) is 6.30. The predicted octanol–water partition coefficient (Wildman–Crippen LogP) is 2.84. The van der Waals surface area contributed by atoms with E-state index in [1.54, 1.807) is 26.0 Å². The van der Waals surface area contributed by atoms with E-state index in [0.29, 0.717) is 5.57 Å². The highest BCUT2D eigenvalue weighted by molar-refractivity contribution is 5.98. The van der Waals surface area contributed by atoms with E-state index < -0.39 is 48.1 Å². The molecule has 0 bridgehead atoms. The van der Waals surface area contributed by atoms with Crippen molar-refractivity contribution in [3.63, 3.8) is 0 Å². The Labute approximate surface area is 176 Å². The van der Waals surface area contributed by atoms with Crippen LogP contribution < -0.4 is 0 Å². The summed E-state index contributed by atoms with van der Waals surface area (Å²) in [5, 5.41) is 0. The van der Waals surface area contributed by atoms with Gasteiger partial charge < -0.3 is 14.2 Å². The SMILES string of the molecule is C/C=C(/C)C(=O)O[C@H]1C(=O)O[C@@H]2[C@H]3C(C)=CC(=O)[C@@H]3C(=C(C)C)C[C@H](OC(C)=O)[C@@H]21. The number of carbonyl (C=O) groups excluding carboxylic acids is 4. The average Bonchev–Trinajstić information content (AvgIpc) is 3.07. The molecule has 0 unspecified atom stereocenters. The van der Waals surface area contributed by atoms with Crippen LogP contribution in [-0.2, 0) is 33.4 Å². The molecule has 2 aliphatic carbocycles. The summed E-state index contributed by atoms with van der Waals surface area (Å²) >= 11 is 0. The van der Waals surface area contributed by atoms with Gasteiger partial charge in [-0.05, 0) is 40.7 Å². The van der Waals surface area contributed by atoms with Crippen molar-refractivity contribution >= 4 is 23.7 Å². The Hall–Kier alpha value is -2.70. The van der Waals surface area contributed by atoms with Gasteiger partial charge in [0, 0.05) is 24.8 Å². The number of ether oxygens (including phenoxy) is 3. The van der Waals surface area contributed by atoms with Gasteiger partial charge in [0.15, 0.2) is 5.78 Å². The van der Waals surface area contributed by atoms with Crippen LogP contribution in [-0.4, -0.2) is 42.0 Å². The number of allylic oxidation sites excluding steroid dienone is 3. The van der Waals surface area contributed by atoms with E-state index in [4.69, 9.17) is 14.2 Å². The molecule has 3 aliphatic rings. The van der Waals surface area contributed by atoms with E-state index in [9.17, 15) is 19.2 Å². The number of carbonyl (C=O) groups is 4. The van der Waals surface area contributed by atoms with Crippen molar-refractivity contribution in [2.75, 3.05) is 0 Å². The van der Waals surface area contributed by atoms with Crippen molar-refractivity contribution in [2.45, 2.75) is 66.3 Å². The van der Waals surface area contributed by atoms with Gasteiger partial charge in [-0.3, -0.25) is 9.59 Å². The average molecular weight is 416 g/mol. The van der Waals surface area contributed by atoms with Crippen molar-refractivity contribution in [3.05, 3.63) is 34.4 Å². The van der Waals surface area contributed by atoms with Crippen LogP contribution >= 0.6 is 0 Å². The molecule has 0 aromatic carbocycles. The zero-order chi connectivity index (χ0) is 22.3. The molecule has 3 rings (SSSR count). The second kappa shape index (κ2) is 8.20. The third kappa shape index (κ3) is 3.73. The first-order valence-electron chi connectivity index (χ1n) is 10.2. The molecule has 30 heavy (non-hydrogen) atoms. The number of hydrogen-bond donors (Lipinski definition) is 0. The van der Waals surface area contributed by atoms with Crippen LogP contribution in [0.3, 0.4) is 0 Å². The van der Waals surface area contributed by atoms with Gasteiger partial charge >= 0.3 is 17.9 Å². The Kier molecular flexibility index (Phi) is 6.01. The first kappa shape index (κ1) is 22.0. The number of esters is 3. The number of rotatable bonds is 3. The molecule has 6 atom stereocenters. The molecule has 0 N–H and O–H groups in total. The summed E-state index contributed by atoms with van der Waals surface area (Å²) in [5.74, 6) is -3.39. The fourth-order valence-electron chi connectivity index (χ4n) is 4.80. The molecule has 1 heterocycles. The van der Waals surface area contributed by atoms with Crippen LogP contribution in [0.25, 0.3) is 0 Å². The lowest BCUT2D eigenvalue weighted by Crippen LogP contribution is -2.42. The summed E-state index contributed by atoms with van der Waals surface area (Å²) in [6.45, 7) is 10.3. The molecule has 0 radical (unpaired) electrons. The van der Waals surface area contributed by atoms with Crippen molar-refractivity contribution in [3.8, 4) is 0 Å². The lowest BCUT2D eigenvalue weighted by Gasteiger charge is -2.29. The molecule has 0 aromatic heterocycles. The van der Waals surface area contributed by atoms with E-state index in [1.165, 1.54) is 6.92 Å². The van der Waals surface area contributed by atoms with E-state index in [0.717, 1.165) is 16.7 Å². The van der Waals surface area contributed by atoms with Crippen LogP contribution in [0.4, 0.5) is 0 Å². The minimum absolute atomic E-state index is 0.0443. The molecule has 7 heteroatoms. The van der Waals surface area contributed by atoms with Crippen LogP contribution in [0.1, 0.15) is 48.0 Å². The van der Waals surface area contributed by atoms with Gasteiger partial charge in [-0.2, -0.15) is 0 Å². The van der Waals surface area contributed by atoms with E-state index in [1.807, 2.05) is 20.8 Å². The lowest BCUT2D eigenvalue weighted by atomic mass is 9.79. The second-order valence-electron chi connectivity index (χ2n) is 8.45. The normalized spacial score (nSPS) is 33.2. The van der Waals surface area contributed by atoms with Gasteiger partial charge in [0.1, 0.15) is 12.2 Å². The third-order valence-corrected chi connectivity index (χ3v) is 6.30. The van der Waals surface area contributed by atoms with Crippen LogP contribution in [0.2, 0.25) is 0 Å². The van der Waals surface area contributed by atoms with Crippen molar-refractivity contribution in [1.29, 1.82) is 0 Å². The smallest absolute Gasteiger partial charge is 0.348 e. The fraction of sp³-hybridized carbons (Fsp3) is 0.565. The first-order valence-corrected chi connectivity index (χ1v) is 10.2. The Bertz CT molecular complexity index is 887. The lowest BCUT2D eigenvalue weighted by molar-refractivity contribution is -0.162. The highest BCUT2D eigenvalue weighted by Gasteiger charge is 2.60. The summed E-state index contributed by atoms with van der Waals surface area (Å²) in [6.07, 6.45) is 0.788. The summed E-state index contributed by atoms with van der Waals surface area (Å²) in [4.78, 5) is 49.8. The zero-order valence-corrected chi connectivity index (χ0v) is 18.2. The topological polar surface area (TPSA) is 96.0 Å². The van der Waals surface area contributed by atoms with E-state index in [2.05, 4.69) is 0 Å². The number of fused-ring (bicyclic) bond motifs is 3. The molecule has 0 spiro atoms. The zero-order valence-electron chi connectivity index (χ0n) is 18.2. The largest absolute Gasteiger partial charge is 0.462 e. The van der Waals surface area contributed by atoms with Crippen LogP contribution in [0.5, 0.6) is 0 Å². The predicted molar refractivity (Wildman–Crippen MR) is 107 cm³/mol. The van der Waals surface area contributed by atoms with E-state index in [-0.39, 0.29) is 18.1 Å². The Morgan fingerprint density at radius 1 is 1.13 bits per heavy atom.